The summed E-state index contributed by atoms with van der Waals surface area (Å²) in [7, 11) is 0. The average Bonchev–Trinajstić information content (AvgIpc) is 2.55. The summed E-state index contributed by atoms with van der Waals surface area (Å²) < 4.78 is 6.23. The van der Waals surface area contributed by atoms with E-state index in [9.17, 15) is 0 Å². The van der Waals surface area contributed by atoms with Gasteiger partial charge in [-0.25, -0.2) is 0 Å². The molecule has 0 atom stereocenters. The van der Waals surface area contributed by atoms with Crippen molar-refractivity contribution in [1.82, 2.24) is 0 Å². The third kappa shape index (κ3) is 9.87. The first-order valence-corrected chi connectivity index (χ1v) is 9.58. The number of hydrogen-bond acceptors (Lipinski definition) is 1. The zero-order valence-corrected chi connectivity index (χ0v) is 14.9. The van der Waals surface area contributed by atoms with Crippen LogP contribution in [-0.4, -0.2) is 6.10 Å². The maximum Gasteiger partial charge on any atom is 0.119 e. The lowest BCUT2D eigenvalue weighted by atomic mass is 10.0. The van der Waals surface area contributed by atoms with Gasteiger partial charge in [0, 0.05) is 0 Å². The Balaban J connectivity index is 2.29. The van der Waals surface area contributed by atoms with Gasteiger partial charge in [0.05, 0.1) is 6.10 Å². The second kappa shape index (κ2) is 13.7. The molecule has 0 saturated carbocycles. The van der Waals surface area contributed by atoms with Gasteiger partial charge in [0.15, 0.2) is 0 Å². The van der Waals surface area contributed by atoms with E-state index in [0.717, 1.165) is 5.75 Å². The van der Waals surface area contributed by atoms with Crippen molar-refractivity contribution >= 4 is 0 Å². The van der Waals surface area contributed by atoms with Crippen LogP contribution in [0.4, 0.5) is 0 Å². The van der Waals surface area contributed by atoms with E-state index in [1.54, 1.807) is 0 Å². The maximum absolute atomic E-state index is 6.23. The minimum atomic E-state index is 0.408. The largest absolute Gasteiger partial charge is 0.490 e. The molecule has 0 aliphatic rings. The fourth-order valence-electron chi connectivity index (χ4n) is 2.90. The Morgan fingerprint density at radius 2 is 1.18 bits per heavy atom. The van der Waals surface area contributed by atoms with Crippen LogP contribution in [0, 0.1) is 0 Å². The fourth-order valence-corrected chi connectivity index (χ4v) is 2.90. The summed E-state index contributed by atoms with van der Waals surface area (Å²) in [5.41, 5.74) is 0. The number of para-hydroxylation sites is 1. The van der Waals surface area contributed by atoms with Gasteiger partial charge in [-0.2, -0.15) is 0 Å². The standard InChI is InChI=1S/C21H36O/c1-3-5-7-9-12-16-20(17-13-10-8-6-4-2)22-21-18-14-11-15-19-21/h11,14-15,18-20H,3-10,12-13,16-17H2,1-2H3. The van der Waals surface area contributed by atoms with E-state index in [4.69, 9.17) is 4.74 Å². The summed E-state index contributed by atoms with van der Waals surface area (Å²) in [6, 6.07) is 10.4. The lowest BCUT2D eigenvalue weighted by molar-refractivity contribution is 0.172. The molecule has 1 rings (SSSR count). The lowest BCUT2D eigenvalue weighted by Gasteiger charge is -2.19. The zero-order valence-electron chi connectivity index (χ0n) is 14.9. The second-order valence-electron chi connectivity index (χ2n) is 6.46. The van der Waals surface area contributed by atoms with Gasteiger partial charge in [-0.1, -0.05) is 83.4 Å². The molecule has 22 heavy (non-hydrogen) atoms. The van der Waals surface area contributed by atoms with E-state index >= 15 is 0 Å². The maximum atomic E-state index is 6.23. The topological polar surface area (TPSA) is 9.23 Å². The van der Waals surface area contributed by atoms with Gasteiger partial charge in [0.1, 0.15) is 5.75 Å². The first-order valence-electron chi connectivity index (χ1n) is 9.58. The Bertz CT molecular complexity index is 319. The number of rotatable bonds is 14. The third-order valence-electron chi connectivity index (χ3n) is 4.31. The van der Waals surface area contributed by atoms with Crippen LogP contribution < -0.4 is 4.74 Å². The van der Waals surface area contributed by atoms with Gasteiger partial charge in [0.2, 0.25) is 0 Å². The second-order valence-corrected chi connectivity index (χ2v) is 6.46. The van der Waals surface area contributed by atoms with Crippen LogP contribution in [0.25, 0.3) is 0 Å². The highest BCUT2D eigenvalue weighted by Crippen LogP contribution is 2.19. The van der Waals surface area contributed by atoms with Crippen molar-refractivity contribution in [2.24, 2.45) is 0 Å². The summed E-state index contributed by atoms with van der Waals surface area (Å²) in [5, 5.41) is 0. The highest BCUT2D eigenvalue weighted by molar-refractivity contribution is 5.21. The highest BCUT2D eigenvalue weighted by Gasteiger charge is 2.10. The molecule has 0 aliphatic carbocycles. The van der Waals surface area contributed by atoms with Gasteiger partial charge in [-0.15, -0.1) is 0 Å². The summed E-state index contributed by atoms with van der Waals surface area (Å²) in [6.45, 7) is 4.55. The van der Waals surface area contributed by atoms with E-state index in [1.165, 1.54) is 77.0 Å². The van der Waals surface area contributed by atoms with E-state index < -0.39 is 0 Å². The van der Waals surface area contributed by atoms with Crippen LogP contribution in [0.1, 0.15) is 90.9 Å². The Morgan fingerprint density at radius 1 is 0.682 bits per heavy atom. The molecule has 0 spiro atoms. The van der Waals surface area contributed by atoms with Gasteiger partial charge < -0.3 is 4.74 Å². The first kappa shape index (κ1) is 19.1. The van der Waals surface area contributed by atoms with Gasteiger partial charge in [0.25, 0.3) is 0 Å². The predicted octanol–water partition coefficient (Wildman–Crippen LogP) is 7.16. The molecule has 0 N–H and O–H groups in total. The van der Waals surface area contributed by atoms with E-state index in [-0.39, 0.29) is 0 Å². The van der Waals surface area contributed by atoms with Crippen molar-refractivity contribution in [3.05, 3.63) is 30.3 Å². The molecule has 1 aromatic rings. The van der Waals surface area contributed by atoms with Gasteiger partial charge >= 0.3 is 0 Å². The minimum absolute atomic E-state index is 0.408. The summed E-state index contributed by atoms with van der Waals surface area (Å²) in [4.78, 5) is 0. The van der Waals surface area contributed by atoms with Crippen LogP contribution in [0.3, 0.4) is 0 Å². The molecule has 0 saturated heterocycles. The summed E-state index contributed by atoms with van der Waals surface area (Å²) in [6.07, 6.45) is 16.3. The van der Waals surface area contributed by atoms with Crippen LogP contribution in [0.5, 0.6) is 5.75 Å². The normalized spacial score (nSPS) is 11.0. The van der Waals surface area contributed by atoms with Crippen molar-refractivity contribution in [2.75, 3.05) is 0 Å². The highest BCUT2D eigenvalue weighted by atomic mass is 16.5. The monoisotopic (exact) mass is 304 g/mol. The number of hydrogen-bond donors (Lipinski definition) is 0. The molecule has 0 aliphatic heterocycles. The Kier molecular flexibility index (Phi) is 11.8. The van der Waals surface area contributed by atoms with Crippen LogP contribution in [0.15, 0.2) is 30.3 Å². The molecule has 1 heteroatoms. The third-order valence-corrected chi connectivity index (χ3v) is 4.31. The first-order chi connectivity index (χ1) is 10.9. The smallest absolute Gasteiger partial charge is 0.119 e. The molecular weight excluding hydrogens is 268 g/mol. The molecule has 0 bridgehead atoms. The molecule has 0 aromatic heterocycles. The Hall–Kier alpha value is -0.980. The molecule has 0 fully saturated rings. The molecule has 0 unspecified atom stereocenters. The molecule has 126 valence electrons. The molecular formula is C21H36O. The average molecular weight is 305 g/mol. The molecule has 0 amide bonds. The van der Waals surface area contributed by atoms with Crippen LogP contribution in [0.2, 0.25) is 0 Å². The van der Waals surface area contributed by atoms with Crippen LogP contribution >= 0.6 is 0 Å². The SMILES string of the molecule is CCCCCCCC(CCCCCCC)Oc1ccccc1. The zero-order chi connectivity index (χ0) is 15.9. The number of benzene rings is 1. The van der Waals surface area contributed by atoms with Crippen molar-refractivity contribution in [1.29, 1.82) is 0 Å². The van der Waals surface area contributed by atoms with E-state index in [0.29, 0.717) is 6.10 Å². The van der Waals surface area contributed by atoms with E-state index in [2.05, 4.69) is 44.2 Å². The van der Waals surface area contributed by atoms with Crippen LogP contribution in [-0.2, 0) is 0 Å². The lowest BCUT2D eigenvalue weighted by Crippen LogP contribution is -2.16. The quantitative estimate of drug-likeness (QED) is 0.331. The molecule has 1 aromatic carbocycles. The minimum Gasteiger partial charge on any atom is -0.490 e. The molecule has 1 nitrogen and oxygen atoms in total. The summed E-state index contributed by atoms with van der Waals surface area (Å²) in [5.74, 6) is 1.04. The summed E-state index contributed by atoms with van der Waals surface area (Å²) >= 11 is 0. The van der Waals surface area contributed by atoms with Crippen molar-refractivity contribution < 1.29 is 4.74 Å². The number of ether oxygens (including phenoxy) is 1. The fraction of sp³-hybridized carbons (Fsp3) is 0.714. The van der Waals surface area contributed by atoms with Crippen molar-refractivity contribution in [3.8, 4) is 5.75 Å². The Labute approximate surface area is 138 Å². The van der Waals surface area contributed by atoms with Gasteiger partial charge in [-0.05, 0) is 37.8 Å². The number of unbranched alkanes of at least 4 members (excludes halogenated alkanes) is 8. The molecule has 0 radical (unpaired) electrons. The van der Waals surface area contributed by atoms with Gasteiger partial charge in [-0.3, -0.25) is 0 Å². The molecule has 0 heterocycles. The predicted molar refractivity (Wildman–Crippen MR) is 97.6 cm³/mol. The van der Waals surface area contributed by atoms with E-state index in [1.807, 2.05) is 0 Å². The Morgan fingerprint density at radius 3 is 1.68 bits per heavy atom. The van der Waals surface area contributed by atoms with Crippen molar-refractivity contribution in [2.45, 2.75) is 97.0 Å². The van der Waals surface area contributed by atoms with Crippen molar-refractivity contribution in [3.63, 3.8) is 0 Å².